The fourth-order valence-corrected chi connectivity index (χ4v) is 1.39. The number of nitrogens with one attached hydrogen (secondary N) is 1. The Morgan fingerprint density at radius 2 is 1.82 bits per heavy atom. The molecule has 0 saturated heterocycles. The van der Waals surface area contributed by atoms with Crippen molar-refractivity contribution in [1.29, 1.82) is 0 Å². The Labute approximate surface area is 103 Å². The summed E-state index contributed by atoms with van der Waals surface area (Å²) in [6, 6.07) is 7.66. The van der Waals surface area contributed by atoms with E-state index in [4.69, 9.17) is 5.73 Å². The zero-order valence-electron chi connectivity index (χ0n) is 10.9. The number of hydrogen-bond donors (Lipinski definition) is 2. The molecule has 3 heteroatoms. The molecule has 94 valence electrons. The summed E-state index contributed by atoms with van der Waals surface area (Å²) >= 11 is 0. The van der Waals surface area contributed by atoms with Gasteiger partial charge < -0.3 is 11.1 Å². The average Bonchev–Trinajstić information content (AvgIpc) is 2.25. The molecule has 0 saturated carbocycles. The molecule has 0 fully saturated rings. The number of anilines is 1. The van der Waals surface area contributed by atoms with Crippen molar-refractivity contribution in [2.24, 2.45) is 5.41 Å². The summed E-state index contributed by atoms with van der Waals surface area (Å²) < 4.78 is 0. The number of benzene rings is 1. The van der Waals surface area contributed by atoms with Gasteiger partial charge in [-0.15, -0.1) is 0 Å². The average molecular weight is 234 g/mol. The van der Waals surface area contributed by atoms with Crippen LogP contribution in [-0.2, 0) is 11.2 Å². The summed E-state index contributed by atoms with van der Waals surface area (Å²) in [4.78, 5) is 11.6. The van der Waals surface area contributed by atoms with E-state index in [0.717, 1.165) is 17.7 Å². The number of carbonyl (C=O) groups is 1. The first-order valence-electron chi connectivity index (χ1n) is 5.98. The Bertz CT molecular complexity index is 363. The SMILES string of the molecule is CC(C)(C)CNC(=O)CCc1ccc(N)cc1. The largest absolute Gasteiger partial charge is 0.399 e. The molecule has 0 aromatic heterocycles. The first-order valence-corrected chi connectivity index (χ1v) is 5.98. The molecule has 0 bridgehead atoms. The summed E-state index contributed by atoms with van der Waals surface area (Å²) in [5.41, 5.74) is 7.63. The molecular formula is C14H22N2O. The fourth-order valence-electron chi connectivity index (χ4n) is 1.39. The highest BCUT2D eigenvalue weighted by Gasteiger charge is 2.11. The van der Waals surface area contributed by atoms with E-state index in [-0.39, 0.29) is 11.3 Å². The van der Waals surface area contributed by atoms with E-state index in [1.54, 1.807) is 0 Å². The van der Waals surface area contributed by atoms with Gasteiger partial charge in [-0.05, 0) is 29.5 Å². The summed E-state index contributed by atoms with van der Waals surface area (Å²) in [5.74, 6) is 0.108. The topological polar surface area (TPSA) is 55.1 Å². The third-order valence-corrected chi connectivity index (χ3v) is 2.44. The van der Waals surface area contributed by atoms with E-state index in [9.17, 15) is 4.79 Å². The molecule has 0 heterocycles. The molecule has 0 aliphatic heterocycles. The molecule has 3 nitrogen and oxygen atoms in total. The standard InChI is InChI=1S/C14H22N2O/c1-14(2,3)10-16-13(17)9-6-11-4-7-12(15)8-5-11/h4-5,7-8H,6,9-10,15H2,1-3H3,(H,16,17). The molecule has 1 aromatic carbocycles. The highest BCUT2D eigenvalue weighted by atomic mass is 16.1. The number of hydrogen-bond acceptors (Lipinski definition) is 2. The summed E-state index contributed by atoms with van der Waals surface area (Å²) in [6.45, 7) is 7.03. The van der Waals surface area contributed by atoms with E-state index in [2.05, 4.69) is 26.1 Å². The Morgan fingerprint density at radius 1 is 1.24 bits per heavy atom. The molecule has 1 aromatic rings. The maximum absolute atomic E-state index is 11.6. The smallest absolute Gasteiger partial charge is 0.220 e. The summed E-state index contributed by atoms with van der Waals surface area (Å²) in [5, 5.41) is 2.94. The van der Waals surface area contributed by atoms with Gasteiger partial charge in [0.1, 0.15) is 0 Å². The van der Waals surface area contributed by atoms with Crippen LogP contribution in [-0.4, -0.2) is 12.5 Å². The van der Waals surface area contributed by atoms with Crippen LogP contribution in [0.25, 0.3) is 0 Å². The van der Waals surface area contributed by atoms with Crippen molar-refractivity contribution in [2.75, 3.05) is 12.3 Å². The predicted octanol–water partition coefficient (Wildman–Crippen LogP) is 2.36. The lowest BCUT2D eigenvalue weighted by Crippen LogP contribution is -2.32. The predicted molar refractivity (Wildman–Crippen MR) is 71.6 cm³/mol. The summed E-state index contributed by atoms with van der Waals surface area (Å²) in [7, 11) is 0. The Balaban J connectivity index is 2.31. The molecule has 17 heavy (non-hydrogen) atoms. The maximum Gasteiger partial charge on any atom is 0.220 e. The number of amides is 1. The second-order valence-corrected chi connectivity index (χ2v) is 5.58. The second-order valence-electron chi connectivity index (χ2n) is 5.58. The van der Waals surface area contributed by atoms with Crippen molar-refractivity contribution in [3.63, 3.8) is 0 Å². The van der Waals surface area contributed by atoms with Crippen molar-refractivity contribution in [3.05, 3.63) is 29.8 Å². The Kier molecular flexibility index (Phi) is 4.55. The van der Waals surface area contributed by atoms with Gasteiger partial charge in [-0.3, -0.25) is 4.79 Å². The monoisotopic (exact) mass is 234 g/mol. The number of nitrogens with two attached hydrogens (primary N) is 1. The maximum atomic E-state index is 11.6. The van der Waals surface area contributed by atoms with E-state index in [1.165, 1.54) is 0 Å². The van der Waals surface area contributed by atoms with Gasteiger partial charge in [-0.2, -0.15) is 0 Å². The number of aryl methyl sites for hydroxylation is 1. The van der Waals surface area contributed by atoms with Crippen molar-refractivity contribution in [1.82, 2.24) is 5.32 Å². The van der Waals surface area contributed by atoms with Crippen LogP contribution in [0, 0.1) is 5.41 Å². The molecule has 0 atom stereocenters. The zero-order chi connectivity index (χ0) is 12.9. The molecule has 0 aliphatic rings. The lowest BCUT2D eigenvalue weighted by Gasteiger charge is -2.18. The lowest BCUT2D eigenvalue weighted by atomic mass is 9.97. The Morgan fingerprint density at radius 3 is 2.35 bits per heavy atom. The van der Waals surface area contributed by atoms with Crippen molar-refractivity contribution >= 4 is 11.6 Å². The second kappa shape index (κ2) is 5.71. The van der Waals surface area contributed by atoms with Crippen molar-refractivity contribution in [3.8, 4) is 0 Å². The minimum Gasteiger partial charge on any atom is -0.399 e. The third kappa shape index (κ3) is 5.95. The Hall–Kier alpha value is -1.51. The highest BCUT2D eigenvalue weighted by Crippen LogP contribution is 2.11. The van der Waals surface area contributed by atoms with E-state index >= 15 is 0 Å². The molecule has 0 aliphatic carbocycles. The van der Waals surface area contributed by atoms with E-state index in [1.807, 2.05) is 24.3 Å². The number of nitrogen functional groups attached to an aromatic ring is 1. The first kappa shape index (κ1) is 13.6. The molecule has 0 radical (unpaired) electrons. The van der Waals surface area contributed by atoms with Gasteiger partial charge in [-0.1, -0.05) is 32.9 Å². The van der Waals surface area contributed by atoms with Gasteiger partial charge in [0.05, 0.1) is 0 Å². The van der Waals surface area contributed by atoms with Crippen LogP contribution in [0.5, 0.6) is 0 Å². The van der Waals surface area contributed by atoms with Crippen molar-refractivity contribution in [2.45, 2.75) is 33.6 Å². The van der Waals surface area contributed by atoms with Gasteiger partial charge in [0.2, 0.25) is 5.91 Å². The summed E-state index contributed by atoms with van der Waals surface area (Å²) in [6.07, 6.45) is 1.29. The number of carbonyl (C=O) groups excluding carboxylic acids is 1. The minimum absolute atomic E-state index is 0.108. The van der Waals surface area contributed by atoms with Crippen LogP contribution < -0.4 is 11.1 Å². The van der Waals surface area contributed by atoms with Gasteiger partial charge >= 0.3 is 0 Å². The van der Waals surface area contributed by atoms with Crippen LogP contribution in [0.1, 0.15) is 32.8 Å². The van der Waals surface area contributed by atoms with E-state index in [0.29, 0.717) is 13.0 Å². The first-order chi connectivity index (χ1) is 7.87. The number of rotatable bonds is 4. The van der Waals surface area contributed by atoms with Crippen LogP contribution in [0.4, 0.5) is 5.69 Å². The quantitative estimate of drug-likeness (QED) is 0.786. The molecule has 3 N–H and O–H groups in total. The zero-order valence-corrected chi connectivity index (χ0v) is 10.9. The van der Waals surface area contributed by atoms with Crippen LogP contribution in [0.3, 0.4) is 0 Å². The van der Waals surface area contributed by atoms with Crippen LogP contribution in [0.15, 0.2) is 24.3 Å². The van der Waals surface area contributed by atoms with Crippen LogP contribution >= 0.6 is 0 Å². The van der Waals surface area contributed by atoms with E-state index < -0.39 is 0 Å². The molecule has 1 amide bonds. The normalized spacial score (nSPS) is 11.2. The lowest BCUT2D eigenvalue weighted by molar-refractivity contribution is -0.121. The van der Waals surface area contributed by atoms with Crippen LogP contribution in [0.2, 0.25) is 0 Å². The third-order valence-electron chi connectivity index (χ3n) is 2.44. The molecule has 0 spiro atoms. The minimum atomic E-state index is 0.108. The fraction of sp³-hybridized carbons (Fsp3) is 0.500. The van der Waals surface area contributed by atoms with Crippen molar-refractivity contribution < 1.29 is 4.79 Å². The van der Waals surface area contributed by atoms with Gasteiger partial charge in [0, 0.05) is 18.7 Å². The highest BCUT2D eigenvalue weighted by molar-refractivity contribution is 5.76. The van der Waals surface area contributed by atoms with Gasteiger partial charge in [0.25, 0.3) is 0 Å². The molecule has 1 rings (SSSR count). The van der Waals surface area contributed by atoms with Gasteiger partial charge in [0.15, 0.2) is 0 Å². The van der Waals surface area contributed by atoms with Gasteiger partial charge in [-0.25, -0.2) is 0 Å². The molecular weight excluding hydrogens is 212 g/mol. The molecule has 0 unspecified atom stereocenters.